The number of alkyl halides is 11. The number of hydrogen-bond donors (Lipinski definition) is 0. The molecule has 2 aliphatic carbocycles. The van der Waals surface area contributed by atoms with Crippen LogP contribution in [0.5, 0.6) is 0 Å². The minimum Gasteiger partial charge on any atom is -0.198 e. The molecule has 0 aromatic rings. The smallest absolute Gasteiger partial charge is 0.198 e. The maximum atomic E-state index is 13.9. The zero-order valence-corrected chi connectivity index (χ0v) is 11.7. The van der Waals surface area contributed by atoms with Gasteiger partial charge in [-0.25, -0.2) is 0 Å². The van der Waals surface area contributed by atoms with Gasteiger partial charge in [-0.2, -0.15) is 48.3 Å². The first kappa shape index (κ1) is 19.6. The Labute approximate surface area is 129 Å². The molecule has 2 fully saturated rings. The molecule has 0 bridgehead atoms. The second-order valence-corrected chi connectivity index (χ2v) is 6.07. The van der Waals surface area contributed by atoms with E-state index in [1.165, 1.54) is 0 Å². The molecule has 140 valence electrons. The Bertz CT molecular complexity index is 479. The van der Waals surface area contributed by atoms with Crippen LogP contribution in [0.4, 0.5) is 48.3 Å². The third-order valence-electron chi connectivity index (χ3n) is 4.93. The summed E-state index contributed by atoms with van der Waals surface area (Å²) in [7, 11) is 0. The lowest BCUT2D eigenvalue weighted by Gasteiger charge is -2.43. The van der Waals surface area contributed by atoms with Crippen molar-refractivity contribution in [1.82, 2.24) is 0 Å². The van der Waals surface area contributed by atoms with Crippen molar-refractivity contribution in [3.05, 3.63) is 13.3 Å². The Hall–Kier alpha value is -0.770. The second kappa shape index (κ2) is 4.90. The van der Waals surface area contributed by atoms with Crippen LogP contribution in [-0.4, -0.2) is 29.9 Å². The van der Waals surface area contributed by atoms with Crippen molar-refractivity contribution in [1.29, 1.82) is 0 Å². The summed E-state index contributed by atoms with van der Waals surface area (Å²) in [5.74, 6) is -30.9. The molecule has 11 heteroatoms. The summed E-state index contributed by atoms with van der Waals surface area (Å²) < 4.78 is 149. The first-order chi connectivity index (χ1) is 10.5. The zero-order valence-electron chi connectivity index (χ0n) is 11.7. The van der Waals surface area contributed by atoms with Gasteiger partial charge in [-0.3, -0.25) is 0 Å². The lowest BCUT2D eigenvalue weighted by atomic mass is 9.67. The lowest BCUT2D eigenvalue weighted by molar-refractivity contribution is -0.377. The second-order valence-electron chi connectivity index (χ2n) is 6.07. The average molecular weight is 376 g/mol. The van der Waals surface area contributed by atoms with Crippen molar-refractivity contribution in [2.24, 2.45) is 17.3 Å². The van der Waals surface area contributed by atoms with Crippen LogP contribution in [0, 0.1) is 30.6 Å². The molecule has 24 heavy (non-hydrogen) atoms. The number of hydrogen-bond acceptors (Lipinski definition) is 0. The fourth-order valence-corrected chi connectivity index (χ4v) is 3.62. The largest absolute Gasteiger partial charge is 0.406 e. The van der Waals surface area contributed by atoms with Gasteiger partial charge >= 0.3 is 29.9 Å². The van der Waals surface area contributed by atoms with Crippen molar-refractivity contribution < 1.29 is 48.3 Å². The molecule has 0 aromatic heterocycles. The van der Waals surface area contributed by atoms with E-state index in [2.05, 4.69) is 6.92 Å². The molecule has 0 aromatic carbocycles. The molecule has 0 heterocycles. The SMILES string of the molecule is [CH2]CC1C[CH]C(C2(C(F)(F)F)C(F)(F)C(F)(F)C(F)(F)C2(F)F)C1. The number of rotatable bonds is 2. The van der Waals surface area contributed by atoms with Gasteiger partial charge in [0.25, 0.3) is 0 Å². The number of halogens is 11. The third kappa shape index (κ3) is 1.76. The lowest BCUT2D eigenvalue weighted by Crippen LogP contribution is -2.64. The standard InChI is InChI=1S/C13H11F11/c1-2-6-3-4-7(5-6)8(13(22,23)24)9(14,15)11(18,19)12(20,21)10(8,16)17/h4,6-7H,1-3,5H2. The van der Waals surface area contributed by atoms with E-state index in [9.17, 15) is 48.3 Å². The molecule has 2 atom stereocenters. The van der Waals surface area contributed by atoms with Crippen molar-refractivity contribution >= 4 is 0 Å². The summed E-state index contributed by atoms with van der Waals surface area (Å²) in [6, 6.07) is 0. The van der Waals surface area contributed by atoms with Gasteiger partial charge in [0.1, 0.15) is 0 Å². The van der Waals surface area contributed by atoms with E-state index < -0.39 is 60.0 Å². The summed E-state index contributed by atoms with van der Waals surface area (Å²) in [5.41, 5.74) is -5.90. The summed E-state index contributed by atoms with van der Waals surface area (Å²) in [6.07, 6.45) is -7.91. The zero-order chi connectivity index (χ0) is 19.0. The summed E-state index contributed by atoms with van der Waals surface area (Å²) >= 11 is 0. The Balaban J connectivity index is 2.80. The van der Waals surface area contributed by atoms with E-state index in [1.807, 2.05) is 0 Å². The van der Waals surface area contributed by atoms with Crippen molar-refractivity contribution in [2.75, 3.05) is 0 Å². The van der Waals surface area contributed by atoms with Crippen molar-refractivity contribution in [3.63, 3.8) is 0 Å². The Morgan fingerprint density at radius 1 is 0.833 bits per heavy atom. The van der Waals surface area contributed by atoms with Crippen molar-refractivity contribution in [2.45, 2.75) is 49.1 Å². The molecule has 2 saturated carbocycles. The van der Waals surface area contributed by atoms with Gasteiger partial charge in [0.05, 0.1) is 0 Å². The Kier molecular flexibility index (Phi) is 3.99. The molecule has 2 unspecified atom stereocenters. The molecule has 0 N–H and O–H groups in total. The highest BCUT2D eigenvalue weighted by atomic mass is 19.4. The molecule has 2 radical (unpaired) electrons. The molecule has 0 amide bonds. The van der Waals surface area contributed by atoms with Crippen LogP contribution >= 0.6 is 0 Å². The third-order valence-corrected chi connectivity index (χ3v) is 4.93. The minimum absolute atomic E-state index is 0.148. The molecular formula is C13H11F11. The first-order valence-electron chi connectivity index (χ1n) is 6.74. The van der Waals surface area contributed by atoms with E-state index in [0.717, 1.165) is 0 Å². The highest BCUT2D eigenvalue weighted by molar-refractivity contribution is 5.30. The van der Waals surface area contributed by atoms with E-state index in [4.69, 9.17) is 0 Å². The normalized spacial score (nSPS) is 36.0. The van der Waals surface area contributed by atoms with Crippen molar-refractivity contribution in [3.8, 4) is 0 Å². The van der Waals surface area contributed by atoms with Crippen LogP contribution < -0.4 is 0 Å². The molecule has 2 aliphatic rings. The maximum absolute atomic E-state index is 13.9. The average Bonchev–Trinajstić information content (AvgIpc) is 2.86. The molecule has 0 nitrogen and oxygen atoms in total. The fourth-order valence-electron chi connectivity index (χ4n) is 3.62. The summed E-state index contributed by atoms with van der Waals surface area (Å²) in [5, 5.41) is 0. The van der Waals surface area contributed by atoms with E-state index in [0.29, 0.717) is 6.42 Å². The van der Waals surface area contributed by atoms with Gasteiger partial charge in [0, 0.05) is 0 Å². The van der Waals surface area contributed by atoms with Crippen LogP contribution in [0.1, 0.15) is 19.3 Å². The summed E-state index contributed by atoms with van der Waals surface area (Å²) in [4.78, 5) is 0. The molecule has 0 aliphatic heterocycles. The molecule has 0 spiro atoms. The van der Waals surface area contributed by atoms with Gasteiger partial charge in [-0.05, 0) is 31.1 Å². The topological polar surface area (TPSA) is 0 Å². The predicted molar refractivity (Wildman–Crippen MR) is 58.8 cm³/mol. The summed E-state index contributed by atoms with van der Waals surface area (Å²) in [6.45, 7) is 3.27. The molecular weight excluding hydrogens is 365 g/mol. The minimum atomic E-state index is -6.87. The first-order valence-corrected chi connectivity index (χ1v) is 6.74. The van der Waals surface area contributed by atoms with Crippen LogP contribution in [0.3, 0.4) is 0 Å². The highest BCUT2D eigenvalue weighted by Crippen LogP contribution is 2.79. The molecule has 2 rings (SSSR count). The van der Waals surface area contributed by atoms with Crippen LogP contribution in [-0.2, 0) is 0 Å². The highest BCUT2D eigenvalue weighted by Gasteiger charge is 3.05. The molecule has 0 saturated heterocycles. The van der Waals surface area contributed by atoms with Gasteiger partial charge in [0.2, 0.25) is 5.41 Å². The van der Waals surface area contributed by atoms with Gasteiger partial charge in [-0.1, -0.05) is 13.3 Å². The van der Waals surface area contributed by atoms with Gasteiger partial charge in [0.15, 0.2) is 0 Å². The van der Waals surface area contributed by atoms with E-state index in [-0.39, 0.29) is 6.42 Å². The van der Waals surface area contributed by atoms with Crippen LogP contribution in [0.25, 0.3) is 0 Å². The monoisotopic (exact) mass is 376 g/mol. The quantitative estimate of drug-likeness (QED) is 0.555. The Morgan fingerprint density at radius 2 is 1.25 bits per heavy atom. The predicted octanol–water partition coefficient (Wildman–Crippen LogP) is 5.54. The van der Waals surface area contributed by atoms with Gasteiger partial charge in [-0.15, -0.1) is 0 Å². The fraction of sp³-hybridized carbons (Fsp3) is 0.846. The van der Waals surface area contributed by atoms with Crippen LogP contribution in [0.2, 0.25) is 0 Å². The van der Waals surface area contributed by atoms with E-state index in [1.54, 1.807) is 0 Å². The van der Waals surface area contributed by atoms with E-state index >= 15 is 0 Å². The Morgan fingerprint density at radius 3 is 1.54 bits per heavy atom. The van der Waals surface area contributed by atoms with Gasteiger partial charge < -0.3 is 0 Å². The maximum Gasteiger partial charge on any atom is 0.406 e. The van der Waals surface area contributed by atoms with Crippen LogP contribution in [0.15, 0.2) is 0 Å².